The number of hydrogen-bond donors (Lipinski definition) is 1. The lowest BCUT2D eigenvalue weighted by molar-refractivity contribution is 0.172. The number of thiophene rings is 1. The number of hydrogen-bond acceptors (Lipinski definition) is 5. The molecule has 2 amide bonds. The third-order valence-corrected chi connectivity index (χ3v) is 5.54. The van der Waals surface area contributed by atoms with E-state index in [4.69, 9.17) is 4.52 Å². The van der Waals surface area contributed by atoms with Gasteiger partial charge >= 0.3 is 6.03 Å². The van der Waals surface area contributed by atoms with Crippen LogP contribution in [0, 0.1) is 20.8 Å². The maximum atomic E-state index is 12.5. The molecule has 0 unspecified atom stereocenters. The Bertz CT molecular complexity index is 716. The van der Waals surface area contributed by atoms with Gasteiger partial charge in [-0.3, -0.25) is 0 Å². The molecule has 0 spiro atoms. The molecule has 1 aliphatic rings. The molecule has 1 aliphatic heterocycles. The van der Waals surface area contributed by atoms with Gasteiger partial charge in [-0.1, -0.05) is 5.16 Å². The van der Waals surface area contributed by atoms with Gasteiger partial charge < -0.3 is 14.7 Å². The van der Waals surface area contributed by atoms with Crippen LogP contribution in [0.25, 0.3) is 0 Å². The molecule has 0 aliphatic carbocycles. The summed E-state index contributed by atoms with van der Waals surface area (Å²) >= 11 is 1.77. The van der Waals surface area contributed by atoms with Crippen molar-refractivity contribution in [2.45, 2.75) is 52.5 Å². The molecule has 1 saturated heterocycles. The summed E-state index contributed by atoms with van der Waals surface area (Å²) in [5.74, 6) is 1.63. The third kappa shape index (κ3) is 3.61. The second kappa shape index (κ2) is 6.93. The highest BCUT2D eigenvalue weighted by Crippen LogP contribution is 2.28. The predicted molar refractivity (Wildman–Crippen MR) is 93.3 cm³/mol. The highest BCUT2D eigenvalue weighted by atomic mass is 32.1. The number of urea groups is 1. The molecule has 0 radical (unpaired) electrons. The Labute approximate surface area is 146 Å². The Morgan fingerprint density at radius 2 is 2.08 bits per heavy atom. The maximum absolute atomic E-state index is 12.5. The van der Waals surface area contributed by atoms with Crippen molar-refractivity contribution in [2.75, 3.05) is 13.1 Å². The van der Waals surface area contributed by atoms with Crippen molar-refractivity contribution in [1.29, 1.82) is 0 Å². The van der Waals surface area contributed by atoms with E-state index in [1.54, 1.807) is 11.3 Å². The minimum atomic E-state index is 0.00547. The van der Waals surface area contributed by atoms with Crippen molar-refractivity contribution in [2.24, 2.45) is 0 Å². The lowest BCUT2D eigenvalue weighted by Gasteiger charge is -2.31. The molecule has 3 heterocycles. The van der Waals surface area contributed by atoms with Crippen LogP contribution in [0.4, 0.5) is 4.79 Å². The molecule has 1 atom stereocenters. The number of piperidine rings is 1. The van der Waals surface area contributed by atoms with Crippen LogP contribution in [0.3, 0.4) is 0 Å². The van der Waals surface area contributed by atoms with Crippen LogP contribution in [-0.4, -0.2) is 34.2 Å². The van der Waals surface area contributed by atoms with Gasteiger partial charge in [0.05, 0.1) is 6.04 Å². The van der Waals surface area contributed by atoms with Crippen LogP contribution in [-0.2, 0) is 0 Å². The number of carbonyl (C=O) groups is 1. The van der Waals surface area contributed by atoms with Gasteiger partial charge in [0.2, 0.25) is 5.89 Å². The van der Waals surface area contributed by atoms with Gasteiger partial charge in [-0.05, 0) is 52.2 Å². The maximum Gasteiger partial charge on any atom is 0.317 e. The second-order valence-corrected chi connectivity index (χ2v) is 7.94. The molecule has 1 N–H and O–H groups in total. The molecular weight excluding hydrogens is 324 g/mol. The fraction of sp³-hybridized carbons (Fsp3) is 0.588. The SMILES string of the molecule is Cc1noc(C2CCN(C(=O)N[C@@H](C)c3cc(C)sc3C)CC2)n1. The van der Waals surface area contributed by atoms with Crippen molar-refractivity contribution < 1.29 is 9.32 Å². The van der Waals surface area contributed by atoms with Crippen LogP contribution < -0.4 is 5.32 Å². The third-order valence-electron chi connectivity index (χ3n) is 4.56. The minimum Gasteiger partial charge on any atom is -0.339 e. The molecule has 3 rings (SSSR count). The number of nitrogens with zero attached hydrogens (tertiary/aromatic N) is 3. The topological polar surface area (TPSA) is 71.3 Å². The summed E-state index contributed by atoms with van der Waals surface area (Å²) in [5, 5.41) is 6.97. The van der Waals surface area contributed by atoms with Crippen LogP contribution in [0.2, 0.25) is 0 Å². The van der Waals surface area contributed by atoms with Crippen molar-refractivity contribution in [1.82, 2.24) is 20.4 Å². The lowest BCUT2D eigenvalue weighted by atomic mass is 9.97. The monoisotopic (exact) mass is 348 g/mol. The van der Waals surface area contributed by atoms with Gasteiger partial charge in [-0.2, -0.15) is 4.98 Å². The number of nitrogens with one attached hydrogen (secondary N) is 1. The summed E-state index contributed by atoms with van der Waals surface area (Å²) in [6.07, 6.45) is 1.72. The van der Waals surface area contributed by atoms with Crippen molar-refractivity contribution in [3.05, 3.63) is 33.1 Å². The zero-order valence-corrected chi connectivity index (χ0v) is 15.4. The van der Waals surface area contributed by atoms with Gasteiger partial charge in [0.15, 0.2) is 5.82 Å². The summed E-state index contributed by atoms with van der Waals surface area (Å²) < 4.78 is 5.26. The first-order chi connectivity index (χ1) is 11.4. The fourth-order valence-electron chi connectivity index (χ4n) is 3.24. The van der Waals surface area contributed by atoms with E-state index in [0.29, 0.717) is 24.8 Å². The molecule has 130 valence electrons. The summed E-state index contributed by atoms with van der Waals surface area (Å²) in [4.78, 5) is 21.2. The molecule has 0 saturated carbocycles. The number of rotatable bonds is 3. The van der Waals surface area contributed by atoms with Gasteiger partial charge in [-0.15, -0.1) is 11.3 Å². The number of amides is 2. The van der Waals surface area contributed by atoms with Crippen LogP contribution in [0.5, 0.6) is 0 Å². The standard InChI is InChI=1S/C17H24N4O2S/c1-10-9-15(12(3)24-10)11(2)18-17(22)21-7-5-14(6-8-21)16-19-13(4)20-23-16/h9,11,14H,5-8H2,1-4H3,(H,18,22)/t11-/m0/s1. The van der Waals surface area contributed by atoms with E-state index in [-0.39, 0.29) is 18.0 Å². The average molecular weight is 348 g/mol. The molecule has 7 heteroatoms. The average Bonchev–Trinajstić information content (AvgIpc) is 3.12. The molecule has 1 fully saturated rings. The Morgan fingerprint density at radius 1 is 1.38 bits per heavy atom. The fourth-order valence-corrected chi connectivity index (χ4v) is 4.27. The van der Waals surface area contributed by atoms with E-state index in [2.05, 4.69) is 35.4 Å². The van der Waals surface area contributed by atoms with E-state index in [1.807, 2.05) is 18.7 Å². The molecular formula is C17H24N4O2S. The largest absolute Gasteiger partial charge is 0.339 e. The Hall–Kier alpha value is -1.89. The number of aryl methyl sites for hydroxylation is 3. The smallest absolute Gasteiger partial charge is 0.317 e. The minimum absolute atomic E-state index is 0.00547. The first kappa shape index (κ1) is 17.0. The molecule has 2 aromatic heterocycles. The summed E-state index contributed by atoms with van der Waals surface area (Å²) in [6.45, 7) is 9.50. The van der Waals surface area contributed by atoms with Crippen LogP contribution >= 0.6 is 11.3 Å². The second-order valence-electron chi connectivity index (χ2n) is 6.48. The first-order valence-corrected chi connectivity index (χ1v) is 9.18. The Morgan fingerprint density at radius 3 is 2.62 bits per heavy atom. The molecule has 2 aromatic rings. The van der Waals surface area contributed by atoms with E-state index >= 15 is 0 Å². The van der Waals surface area contributed by atoms with Crippen molar-refractivity contribution >= 4 is 17.4 Å². The summed E-state index contributed by atoms with van der Waals surface area (Å²) in [6, 6.07) is 2.19. The van der Waals surface area contributed by atoms with Gasteiger partial charge in [-0.25, -0.2) is 4.79 Å². The summed E-state index contributed by atoms with van der Waals surface area (Å²) in [5.41, 5.74) is 1.21. The van der Waals surface area contributed by atoms with E-state index in [0.717, 1.165) is 12.8 Å². The van der Waals surface area contributed by atoms with E-state index < -0.39 is 0 Å². The van der Waals surface area contributed by atoms with Gasteiger partial charge in [0, 0.05) is 28.8 Å². The summed E-state index contributed by atoms with van der Waals surface area (Å²) in [7, 11) is 0. The normalized spacial score (nSPS) is 17.1. The zero-order valence-electron chi connectivity index (χ0n) is 14.6. The van der Waals surface area contributed by atoms with Crippen molar-refractivity contribution in [3.63, 3.8) is 0 Å². The quantitative estimate of drug-likeness (QED) is 0.918. The van der Waals surface area contributed by atoms with Crippen LogP contribution in [0.1, 0.15) is 58.8 Å². The number of likely N-dealkylation sites (tertiary alicyclic amines) is 1. The van der Waals surface area contributed by atoms with E-state index in [1.165, 1.54) is 15.3 Å². The zero-order chi connectivity index (χ0) is 17.3. The molecule has 6 nitrogen and oxygen atoms in total. The van der Waals surface area contributed by atoms with Crippen LogP contribution in [0.15, 0.2) is 10.6 Å². The Balaban J connectivity index is 1.54. The molecule has 24 heavy (non-hydrogen) atoms. The van der Waals surface area contributed by atoms with Gasteiger partial charge in [0.25, 0.3) is 0 Å². The van der Waals surface area contributed by atoms with Crippen molar-refractivity contribution in [3.8, 4) is 0 Å². The van der Waals surface area contributed by atoms with Gasteiger partial charge in [0.1, 0.15) is 0 Å². The predicted octanol–water partition coefficient (Wildman–Crippen LogP) is 3.71. The number of carbonyl (C=O) groups excluding carboxylic acids is 1. The Kier molecular flexibility index (Phi) is 4.89. The molecule has 0 aromatic carbocycles. The first-order valence-electron chi connectivity index (χ1n) is 8.36. The lowest BCUT2D eigenvalue weighted by Crippen LogP contribution is -2.44. The van der Waals surface area contributed by atoms with E-state index in [9.17, 15) is 4.79 Å². The number of aromatic nitrogens is 2. The molecule has 0 bridgehead atoms. The highest BCUT2D eigenvalue weighted by Gasteiger charge is 2.28. The highest BCUT2D eigenvalue weighted by molar-refractivity contribution is 7.12.